The molecule has 1 fully saturated rings. The standard InChI is InChI=1S/C25H29ClFN5O2/c1-16-7-8-20-18(23(30-15-29-20)31-21-6-4-5-19(26)22(21)27)13-17(16)14-32(3)25(24(33)28-2)9-11-34-12-10-25/h4-7,13,15H,8-12,14H2,1-3H3,(H,28,33)(H,29,30,31). The summed E-state index contributed by atoms with van der Waals surface area (Å²) in [5.41, 5.74) is 3.38. The normalized spacial score (nSPS) is 17.4. The number of carbonyl (C=O) groups excluding carboxylic acids is 1. The minimum Gasteiger partial charge on any atom is -0.381 e. The van der Waals surface area contributed by atoms with Gasteiger partial charge in [0.15, 0.2) is 5.82 Å². The lowest BCUT2D eigenvalue weighted by Crippen LogP contribution is -2.59. The number of likely N-dealkylation sites (N-methyl/N-ethyl adjacent to an activating group) is 2. The van der Waals surface area contributed by atoms with Crippen LogP contribution >= 0.6 is 11.6 Å². The molecule has 0 unspecified atom stereocenters. The summed E-state index contributed by atoms with van der Waals surface area (Å²) in [6, 6.07) is 4.80. The number of nitrogens with one attached hydrogen (secondary N) is 2. The molecule has 4 rings (SSSR count). The summed E-state index contributed by atoms with van der Waals surface area (Å²) in [6.07, 6.45) is 7.50. The van der Waals surface area contributed by atoms with Crippen molar-refractivity contribution in [3.63, 3.8) is 0 Å². The molecule has 0 bridgehead atoms. The van der Waals surface area contributed by atoms with Crippen LogP contribution in [0.1, 0.15) is 31.0 Å². The number of allylic oxidation sites excluding steroid dienone is 1. The molecule has 1 saturated heterocycles. The number of benzene rings is 1. The number of anilines is 2. The Hall–Kier alpha value is -2.81. The summed E-state index contributed by atoms with van der Waals surface area (Å²) in [7, 11) is 3.65. The average Bonchev–Trinajstić information content (AvgIpc) is 3.01. The topological polar surface area (TPSA) is 79.4 Å². The van der Waals surface area contributed by atoms with Crippen molar-refractivity contribution in [1.82, 2.24) is 20.2 Å². The number of nitrogens with zero attached hydrogens (tertiary/aromatic N) is 3. The van der Waals surface area contributed by atoms with Crippen LogP contribution in [0.4, 0.5) is 15.9 Å². The van der Waals surface area contributed by atoms with E-state index in [2.05, 4.69) is 38.5 Å². The minimum atomic E-state index is -0.637. The van der Waals surface area contributed by atoms with Gasteiger partial charge >= 0.3 is 0 Å². The summed E-state index contributed by atoms with van der Waals surface area (Å²) in [5, 5.41) is 5.95. The lowest BCUT2D eigenvalue weighted by atomic mass is 9.86. The number of ether oxygens (including phenoxy) is 1. The Morgan fingerprint density at radius 1 is 1.29 bits per heavy atom. The van der Waals surface area contributed by atoms with Gasteiger partial charge in [0.2, 0.25) is 5.91 Å². The van der Waals surface area contributed by atoms with Crippen LogP contribution in [0.2, 0.25) is 5.02 Å². The molecule has 0 atom stereocenters. The van der Waals surface area contributed by atoms with Gasteiger partial charge in [0.05, 0.1) is 16.4 Å². The van der Waals surface area contributed by atoms with Crippen molar-refractivity contribution in [1.29, 1.82) is 0 Å². The summed E-state index contributed by atoms with van der Waals surface area (Å²) in [5.74, 6) is -0.0337. The maximum absolute atomic E-state index is 14.5. The SMILES string of the molecule is CNC(=O)C1(N(C)CC2=Cc3c(ncnc3Nc3cccc(Cl)c3F)CC=C2C)CCOCC1. The molecule has 9 heteroatoms. The molecule has 7 nitrogen and oxygen atoms in total. The van der Waals surface area contributed by atoms with E-state index in [0.717, 1.165) is 22.4 Å². The molecular weight excluding hydrogens is 457 g/mol. The number of aromatic nitrogens is 2. The van der Waals surface area contributed by atoms with Gasteiger partial charge < -0.3 is 15.4 Å². The Balaban J connectivity index is 1.69. The first-order valence-electron chi connectivity index (χ1n) is 11.3. The zero-order valence-corrected chi connectivity index (χ0v) is 20.4. The van der Waals surface area contributed by atoms with E-state index in [9.17, 15) is 9.18 Å². The number of hydrogen-bond acceptors (Lipinski definition) is 6. The molecule has 0 saturated carbocycles. The highest BCUT2D eigenvalue weighted by molar-refractivity contribution is 6.31. The fourth-order valence-electron chi connectivity index (χ4n) is 4.54. The van der Waals surface area contributed by atoms with Crippen molar-refractivity contribution in [2.45, 2.75) is 31.7 Å². The molecule has 2 N–H and O–H groups in total. The van der Waals surface area contributed by atoms with E-state index in [0.29, 0.717) is 44.8 Å². The number of amides is 1. The van der Waals surface area contributed by atoms with Gasteiger partial charge in [-0.1, -0.05) is 29.3 Å². The lowest BCUT2D eigenvalue weighted by molar-refractivity contribution is -0.138. The van der Waals surface area contributed by atoms with E-state index >= 15 is 0 Å². The molecular formula is C25H29ClFN5O2. The Morgan fingerprint density at radius 2 is 2.06 bits per heavy atom. The molecule has 1 aliphatic heterocycles. The van der Waals surface area contributed by atoms with Gasteiger partial charge in [-0.05, 0) is 50.6 Å². The van der Waals surface area contributed by atoms with Crippen molar-refractivity contribution >= 4 is 35.1 Å². The second-order valence-electron chi connectivity index (χ2n) is 8.65. The predicted molar refractivity (Wildman–Crippen MR) is 132 cm³/mol. The molecule has 34 heavy (non-hydrogen) atoms. The predicted octanol–water partition coefficient (Wildman–Crippen LogP) is 4.13. The monoisotopic (exact) mass is 485 g/mol. The Kier molecular flexibility index (Phi) is 7.30. The summed E-state index contributed by atoms with van der Waals surface area (Å²) in [4.78, 5) is 23.9. The van der Waals surface area contributed by atoms with Crippen LogP contribution in [0.3, 0.4) is 0 Å². The molecule has 1 aromatic heterocycles. The van der Waals surface area contributed by atoms with E-state index in [-0.39, 0.29) is 16.6 Å². The highest BCUT2D eigenvalue weighted by atomic mass is 35.5. The fourth-order valence-corrected chi connectivity index (χ4v) is 4.72. The van der Waals surface area contributed by atoms with Gasteiger partial charge in [0.25, 0.3) is 0 Å². The number of halogens is 2. The maximum Gasteiger partial charge on any atom is 0.240 e. The molecule has 2 aromatic rings. The van der Waals surface area contributed by atoms with E-state index in [1.807, 2.05) is 13.1 Å². The number of hydrogen-bond donors (Lipinski definition) is 2. The fraction of sp³-hybridized carbons (Fsp3) is 0.400. The first kappa shape index (κ1) is 24.3. The van der Waals surface area contributed by atoms with Crippen LogP contribution in [-0.2, 0) is 16.0 Å². The minimum absolute atomic E-state index is 0.00308. The molecule has 1 aliphatic carbocycles. The molecule has 2 heterocycles. The largest absolute Gasteiger partial charge is 0.381 e. The highest BCUT2D eigenvalue weighted by Gasteiger charge is 2.43. The van der Waals surface area contributed by atoms with Gasteiger partial charge in [0.1, 0.15) is 17.7 Å². The van der Waals surface area contributed by atoms with Crippen molar-refractivity contribution in [2.24, 2.45) is 0 Å². The molecule has 0 radical (unpaired) electrons. The molecule has 1 aromatic carbocycles. The smallest absolute Gasteiger partial charge is 0.240 e. The number of rotatable bonds is 6. The van der Waals surface area contributed by atoms with Crippen molar-refractivity contribution < 1.29 is 13.9 Å². The van der Waals surface area contributed by atoms with Gasteiger partial charge in [-0.15, -0.1) is 0 Å². The molecule has 1 amide bonds. The second kappa shape index (κ2) is 10.2. The molecule has 2 aliphatic rings. The van der Waals surface area contributed by atoms with Crippen LogP contribution < -0.4 is 10.6 Å². The first-order valence-corrected chi connectivity index (χ1v) is 11.7. The van der Waals surface area contributed by atoms with Crippen LogP contribution in [0, 0.1) is 5.82 Å². The van der Waals surface area contributed by atoms with Crippen LogP contribution in [0.25, 0.3) is 6.08 Å². The van der Waals surface area contributed by atoms with Gasteiger partial charge in [0, 0.05) is 38.8 Å². The van der Waals surface area contributed by atoms with Gasteiger partial charge in [-0.3, -0.25) is 9.69 Å². The second-order valence-corrected chi connectivity index (χ2v) is 9.06. The van der Waals surface area contributed by atoms with Crippen molar-refractivity contribution in [2.75, 3.05) is 39.2 Å². The lowest BCUT2D eigenvalue weighted by Gasteiger charge is -2.43. The molecule has 0 spiro atoms. The van der Waals surface area contributed by atoms with E-state index in [4.69, 9.17) is 16.3 Å². The van der Waals surface area contributed by atoms with Crippen LogP contribution in [0.15, 0.2) is 41.7 Å². The maximum atomic E-state index is 14.5. The Morgan fingerprint density at radius 3 is 2.79 bits per heavy atom. The zero-order chi connectivity index (χ0) is 24.3. The number of fused-ring (bicyclic) bond motifs is 1. The van der Waals surface area contributed by atoms with Crippen molar-refractivity contribution in [3.8, 4) is 0 Å². The third-order valence-corrected chi connectivity index (χ3v) is 7.00. The van der Waals surface area contributed by atoms with Gasteiger partial charge in [-0.2, -0.15) is 0 Å². The van der Waals surface area contributed by atoms with E-state index < -0.39 is 11.4 Å². The van der Waals surface area contributed by atoms with E-state index in [1.165, 1.54) is 12.4 Å². The highest BCUT2D eigenvalue weighted by Crippen LogP contribution is 2.33. The first-order chi connectivity index (χ1) is 16.4. The van der Waals surface area contributed by atoms with Crippen molar-refractivity contribution in [3.05, 3.63) is 63.8 Å². The van der Waals surface area contributed by atoms with E-state index in [1.54, 1.807) is 19.2 Å². The zero-order valence-electron chi connectivity index (χ0n) is 19.6. The van der Waals surface area contributed by atoms with Crippen LogP contribution in [-0.4, -0.2) is 60.2 Å². The van der Waals surface area contributed by atoms with Crippen LogP contribution in [0.5, 0.6) is 0 Å². The summed E-state index contributed by atoms with van der Waals surface area (Å²) < 4.78 is 20.1. The summed E-state index contributed by atoms with van der Waals surface area (Å²) in [6.45, 7) is 3.69. The third-order valence-electron chi connectivity index (χ3n) is 6.71. The Labute approximate surface area is 204 Å². The average molecular weight is 486 g/mol. The Bertz CT molecular complexity index is 1140. The number of carbonyl (C=O) groups is 1. The van der Waals surface area contributed by atoms with Gasteiger partial charge in [-0.25, -0.2) is 14.4 Å². The molecule has 180 valence electrons. The quantitative estimate of drug-likeness (QED) is 0.640. The third kappa shape index (κ3) is 4.71. The summed E-state index contributed by atoms with van der Waals surface area (Å²) >= 11 is 5.96.